The Morgan fingerprint density at radius 1 is 1.62 bits per heavy atom. The van der Waals surface area contributed by atoms with Gasteiger partial charge >= 0.3 is 0 Å². The number of thiazole rings is 1. The third-order valence-corrected chi connectivity index (χ3v) is 3.58. The first-order chi connectivity index (χ1) is 6.13. The summed E-state index contributed by atoms with van der Waals surface area (Å²) >= 11 is 3.36. The molecule has 0 saturated carbocycles. The SMILES string of the molecule is C=c1sc(SC)n/c1=C/CC(C)C. The molecule has 1 heterocycles. The van der Waals surface area contributed by atoms with Crippen LogP contribution in [-0.2, 0) is 0 Å². The van der Waals surface area contributed by atoms with Crippen LogP contribution in [-0.4, -0.2) is 11.2 Å². The van der Waals surface area contributed by atoms with Crippen LogP contribution >= 0.6 is 23.1 Å². The van der Waals surface area contributed by atoms with Crippen molar-refractivity contribution in [2.24, 2.45) is 5.92 Å². The second-order valence-electron chi connectivity index (χ2n) is 3.33. The van der Waals surface area contributed by atoms with Crippen LogP contribution in [0.2, 0.25) is 0 Å². The third kappa shape index (κ3) is 3.16. The molecule has 0 aromatic carbocycles. The van der Waals surface area contributed by atoms with Gasteiger partial charge in [-0.05, 0) is 18.6 Å². The highest BCUT2D eigenvalue weighted by molar-refractivity contribution is 8.00. The molecule has 0 saturated heterocycles. The first-order valence-electron chi connectivity index (χ1n) is 4.33. The number of aromatic nitrogens is 1. The standard InChI is InChI=1S/C10H15NS2/c1-7(2)5-6-9-8(3)13-10(11-9)12-4/h6-7H,3,5H2,1-2,4H3/b9-6+. The van der Waals surface area contributed by atoms with E-state index in [0.717, 1.165) is 20.6 Å². The van der Waals surface area contributed by atoms with E-state index >= 15 is 0 Å². The molecular formula is C10H15NS2. The molecule has 3 heteroatoms. The number of hydrogen-bond acceptors (Lipinski definition) is 3. The van der Waals surface area contributed by atoms with Crippen molar-refractivity contribution in [2.45, 2.75) is 24.6 Å². The van der Waals surface area contributed by atoms with Crippen molar-refractivity contribution >= 4 is 35.8 Å². The second-order valence-corrected chi connectivity index (χ2v) is 5.46. The Bertz CT molecular complexity index is 365. The number of thioether (sulfide) groups is 1. The lowest BCUT2D eigenvalue weighted by molar-refractivity contribution is 0.680. The van der Waals surface area contributed by atoms with Crippen LogP contribution in [0.3, 0.4) is 0 Å². The lowest BCUT2D eigenvalue weighted by Crippen LogP contribution is -2.19. The molecule has 0 unspecified atom stereocenters. The Morgan fingerprint density at radius 2 is 2.31 bits per heavy atom. The Kier molecular flexibility index (Phi) is 4.00. The van der Waals surface area contributed by atoms with Gasteiger partial charge in [0.1, 0.15) is 0 Å². The van der Waals surface area contributed by atoms with Gasteiger partial charge < -0.3 is 0 Å². The molecule has 0 aliphatic rings. The normalized spacial score (nSPS) is 12.8. The van der Waals surface area contributed by atoms with E-state index in [1.54, 1.807) is 23.1 Å². The maximum Gasteiger partial charge on any atom is 0.150 e. The van der Waals surface area contributed by atoms with E-state index in [2.05, 4.69) is 31.5 Å². The van der Waals surface area contributed by atoms with Gasteiger partial charge in [-0.3, -0.25) is 0 Å². The smallest absolute Gasteiger partial charge is 0.150 e. The minimum atomic E-state index is 0.693. The van der Waals surface area contributed by atoms with Gasteiger partial charge in [-0.25, -0.2) is 4.98 Å². The molecule has 0 N–H and O–H groups in total. The zero-order valence-electron chi connectivity index (χ0n) is 8.33. The number of rotatable bonds is 3. The lowest BCUT2D eigenvalue weighted by atomic mass is 10.1. The summed E-state index contributed by atoms with van der Waals surface area (Å²) in [4.78, 5) is 4.46. The highest BCUT2D eigenvalue weighted by Gasteiger charge is 1.96. The maximum atomic E-state index is 4.46. The Balaban J connectivity index is 2.94. The molecule has 0 fully saturated rings. The highest BCUT2D eigenvalue weighted by atomic mass is 32.2. The summed E-state index contributed by atoms with van der Waals surface area (Å²) in [5, 5.41) is 1.07. The van der Waals surface area contributed by atoms with E-state index < -0.39 is 0 Å². The fourth-order valence-electron chi connectivity index (χ4n) is 0.935. The van der Waals surface area contributed by atoms with Gasteiger partial charge in [0.05, 0.1) is 5.35 Å². The molecule has 0 atom stereocenters. The monoisotopic (exact) mass is 213 g/mol. The van der Waals surface area contributed by atoms with Gasteiger partial charge in [0.15, 0.2) is 4.34 Å². The minimum absolute atomic E-state index is 0.693. The number of hydrogen-bond donors (Lipinski definition) is 0. The van der Waals surface area contributed by atoms with Gasteiger partial charge in [0, 0.05) is 4.53 Å². The zero-order chi connectivity index (χ0) is 9.84. The Morgan fingerprint density at radius 3 is 2.77 bits per heavy atom. The van der Waals surface area contributed by atoms with Gasteiger partial charge in [-0.15, -0.1) is 11.3 Å². The van der Waals surface area contributed by atoms with Crippen molar-refractivity contribution in [3.63, 3.8) is 0 Å². The van der Waals surface area contributed by atoms with Crippen molar-refractivity contribution in [3.05, 3.63) is 9.88 Å². The van der Waals surface area contributed by atoms with Crippen LogP contribution in [0.4, 0.5) is 0 Å². The fraction of sp³-hybridized carbons (Fsp3) is 0.500. The van der Waals surface area contributed by atoms with E-state index in [1.165, 1.54) is 0 Å². The molecule has 0 bridgehead atoms. The summed E-state index contributed by atoms with van der Waals surface area (Å²) in [6.07, 6.45) is 5.31. The molecule has 0 radical (unpaired) electrons. The topological polar surface area (TPSA) is 12.9 Å². The van der Waals surface area contributed by atoms with Crippen LogP contribution in [0, 0.1) is 5.92 Å². The molecule has 1 aromatic rings. The van der Waals surface area contributed by atoms with Crippen molar-refractivity contribution in [1.29, 1.82) is 0 Å². The van der Waals surface area contributed by atoms with Crippen molar-refractivity contribution in [2.75, 3.05) is 6.26 Å². The predicted octanol–water partition coefficient (Wildman–Crippen LogP) is 2.10. The van der Waals surface area contributed by atoms with Crippen LogP contribution in [0.25, 0.3) is 12.7 Å². The van der Waals surface area contributed by atoms with Gasteiger partial charge in [0.2, 0.25) is 0 Å². The van der Waals surface area contributed by atoms with E-state index in [-0.39, 0.29) is 0 Å². The molecule has 0 spiro atoms. The quantitative estimate of drug-likeness (QED) is 0.713. The van der Waals surface area contributed by atoms with E-state index in [9.17, 15) is 0 Å². The third-order valence-electron chi connectivity index (χ3n) is 1.67. The molecular weight excluding hydrogens is 198 g/mol. The first kappa shape index (κ1) is 10.8. The summed E-state index contributed by atoms with van der Waals surface area (Å²) in [5.74, 6) is 0.693. The summed E-state index contributed by atoms with van der Waals surface area (Å²) in [7, 11) is 0. The fourth-order valence-corrected chi connectivity index (χ4v) is 2.35. The summed E-state index contributed by atoms with van der Waals surface area (Å²) in [5.41, 5.74) is 0. The van der Waals surface area contributed by atoms with Crippen LogP contribution in [0.5, 0.6) is 0 Å². The average molecular weight is 213 g/mol. The predicted molar refractivity (Wildman–Crippen MR) is 62.6 cm³/mol. The minimum Gasteiger partial charge on any atom is -0.230 e. The average Bonchev–Trinajstić information content (AvgIpc) is 2.43. The molecule has 0 aliphatic carbocycles. The molecule has 0 amide bonds. The molecule has 1 aromatic heterocycles. The molecule has 1 nitrogen and oxygen atoms in total. The van der Waals surface area contributed by atoms with E-state index in [1.807, 2.05) is 6.26 Å². The molecule has 1 rings (SSSR count). The summed E-state index contributed by atoms with van der Waals surface area (Å²) in [6, 6.07) is 0. The Labute approximate surface area is 87.6 Å². The molecule has 13 heavy (non-hydrogen) atoms. The van der Waals surface area contributed by atoms with Crippen LogP contribution < -0.4 is 9.88 Å². The molecule has 0 aliphatic heterocycles. The number of nitrogens with zero attached hydrogens (tertiary/aromatic N) is 1. The molecule has 72 valence electrons. The van der Waals surface area contributed by atoms with Gasteiger partial charge in [-0.1, -0.05) is 38.3 Å². The maximum absolute atomic E-state index is 4.46. The van der Waals surface area contributed by atoms with E-state index in [4.69, 9.17) is 0 Å². The van der Waals surface area contributed by atoms with Crippen molar-refractivity contribution in [3.8, 4) is 0 Å². The van der Waals surface area contributed by atoms with Crippen molar-refractivity contribution in [1.82, 2.24) is 4.98 Å². The highest BCUT2D eigenvalue weighted by Crippen LogP contribution is 2.11. The van der Waals surface area contributed by atoms with Crippen LogP contribution in [0.15, 0.2) is 4.34 Å². The van der Waals surface area contributed by atoms with Gasteiger partial charge in [-0.2, -0.15) is 0 Å². The van der Waals surface area contributed by atoms with Gasteiger partial charge in [0.25, 0.3) is 0 Å². The lowest BCUT2D eigenvalue weighted by Gasteiger charge is -1.94. The Hall–Kier alpha value is -0.280. The van der Waals surface area contributed by atoms with Crippen molar-refractivity contribution < 1.29 is 0 Å². The van der Waals surface area contributed by atoms with Crippen LogP contribution in [0.1, 0.15) is 20.3 Å². The zero-order valence-corrected chi connectivity index (χ0v) is 9.97. The second kappa shape index (κ2) is 4.82. The first-order valence-corrected chi connectivity index (χ1v) is 6.37. The summed E-state index contributed by atoms with van der Waals surface area (Å²) < 4.78 is 2.20. The largest absolute Gasteiger partial charge is 0.230 e. The van der Waals surface area contributed by atoms with E-state index in [0.29, 0.717) is 5.92 Å². The summed E-state index contributed by atoms with van der Waals surface area (Å²) in [6.45, 7) is 8.40.